The average Bonchev–Trinajstić information content (AvgIpc) is 3.27. The first-order valence-electron chi connectivity index (χ1n) is 9.84. The van der Waals surface area contributed by atoms with E-state index in [2.05, 4.69) is 5.32 Å². The summed E-state index contributed by atoms with van der Waals surface area (Å²) >= 11 is 7.41. The fourth-order valence-electron chi connectivity index (χ4n) is 3.78. The van der Waals surface area contributed by atoms with Crippen molar-refractivity contribution in [2.45, 2.75) is 36.9 Å². The van der Waals surface area contributed by atoms with Crippen LogP contribution in [-0.4, -0.2) is 28.3 Å². The highest BCUT2D eigenvalue weighted by molar-refractivity contribution is 7.99. The van der Waals surface area contributed by atoms with Gasteiger partial charge in [-0.15, -0.1) is 0 Å². The van der Waals surface area contributed by atoms with Crippen LogP contribution in [-0.2, 0) is 4.79 Å². The number of hydrogen-bond donors (Lipinski definition) is 1. The van der Waals surface area contributed by atoms with Crippen LogP contribution in [0.1, 0.15) is 31.7 Å². The first kappa shape index (κ1) is 20.8. The van der Waals surface area contributed by atoms with Gasteiger partial charge in [0.25, 0.3) is 5.56 Å². The Morgan fingerprint density at radius 1 is 1.27 bits per heavy atom. The number of rotatable bonds is 6. The molecule has 0 bridgehead atoms. The van der Waals surface area contributed by atoms with Crippen molar-refractivity contribution in [2.24, 2.45) is 0 Å². The van der Waals surface area contributed by atoms with Crippen LogP contribution in [0.4, 0.5) is 5.69 Å². The number of amides is 1. The van der Waals surface area contributed by atoms with Crippen LogP contribution >= 0.6 is 23.4 Å². The molecular weight excluding hydrogens is 422 g/mol. The number of nitrogens with one attached hydrogen (secondary N) is 1. The number of nitrogens with zero attached hydrogens (tertiary/aromatic N) is 2. The van der Waals surface area contributed by atoms with Crippen molar-refractivity contribution >= 4 is 45.9 Å². The quantitative estimate of drug-likeness (QED) is 0.433. The normalized spacial score (nSPS) is 14.2. The molecule has 30 heavy (non-hydrogen) atoms. The molecule has 0 atom stereocenters. The summed E-state index contributed by atoms with van der Waals surface area (Å²) in [6.45, 7) is 0. The summed E-state index contributed by atoms with van der Waals surface area (Å²) in [6, 6.07) is 12.6. The van der Waals surface area contributed by atoms with E-state index in [9.17, 15) is 9.59 Å². The summed E-state index contributed by atoms with van der Waals surface area (Å²) in [5, 5.41) is 4.46. The standard InChI is InChI=1S/C22H22ClN3O3S/c1-29-19-11-10-14(12-17(19)23)24-20(27)13-30-22-25-18-9-5-4-8-16(18)21(28)26(22)15-6-2-3-7-15/h4-5,8-12,15H,2-3,6-7,13H2,1H3,(H,24,27). The van der Waals surface area contributed by atoms with Gasteiger partial charge in [0.1, 0.15) is 5.75 Å². The highest BCUT2D eigenvalue weighted by atomic mass is 35.5. The molecule has 2 aromatic carbocycles. The number of fused-ring (bicyclic) bond motifs is 1. The Morgan fingerprint density at radius 2 is 2.03 bits per heavy atom. The third-order valence-corrected chi connectivity index (χ3v) is 6.48. The Morgan fingerprint density at radius 3 is 2.77 bits per heavy atom. The summed E-state index contributed by atoms with van der Waals surface area (Å²) in [5.74, 6) is 0.493. The molecule has 1 saturated carbocycles. The highest BCUT2D eigenvalue weighted by Crippen LogP contribution is 2.32. The van der Waals surface area contributed by atoms with Crippen molar-refractivity contribution in [3.8, 4) is 5.75 Å². The molecule has 6 nitrogen and oxygen atoms in total. The van der Waals surface area contributed by atoms with Crippen molar-refractivity contribution in [1.82, 2.24) is 9.55 Å². The van der Waals surface area contributed by atoms with E-state index < -0.39 is 0 Å². The summed E-state index contributed by atoms with van der Waals surface area (Å²) in [5.41, 5.74) is 1.21. The second-order valence-electron chi connectivity index (χ2n) is 7.21. The fourth-order valence-corrected chi connectivity index (χ4v) is 4.91. The van der Waals surface area contributed by atoms with E-state index in [-0.39, 0.29) is 23.3 Å². The predicted molar refractivity (Wildman–Crippen MR) is 121 cm³/mol. The maximum absolute atomic E-state index is 13.2. The van der Waals surface area contributed by atoms with Gasteiger partial charge in [0.05, 0.1) is 28.8 Å². The number of para-hydroxylation sites is 1. The van der Waals surface area contributed by atoms with Gasteiger partial charge in [0.2, 0.25) is 5.91 Å². The van der Waals surface area contributed by atoms with Crippen molar-refractivity contribution in [3.63, 3.8) is 0 Å². The number of thioether (sulfide) groups is 1. The van der Waals surface area contributed by atoms with Crippen LogP contribution in [0.15, 0.2) is 52.4 Å². The number of ether oxygens (including phenoxy) is 1. The van der Waals surface area contributed by atoms with E-state index in [1.54, 1.807) is 22.8 Å². The number of anilines is 1. The lowest BCUT2D eigenvalue weighted by Crippen LogP contribution is -2.27. The number of carbonyl (C=O) groups excluding carboxylic acids is 1. The minimum absolute atomic E-state index is 0.0302. The number of benzene rings is 2. The average molecular weight is 444 g/mol. The third-order valence-electron chi connectivity index (χ3n) is 5.23. The summed E-state index contributed by atoms with van der Waals surface area (Å²) in [7, 11) is 1.54. The maximum atomic E-state index is 13.2. The molecule has 8 heteroatoms. The van der Waals surface area contributed by atoms with Crippen LogP contribution < -0.4 is 15.6 Å². The molecule has 0 unspecified atom stereocenters. The van der Waals surface area contributed by atoms with E-state index in [4.69, 9.17) is 21.3 Å². The van der Waals surface area contributed by atoms with Crippen LogP contribution in [0.25, 0.3) is 10.9 Å². The summed E-state index contributed by atoms with van der Waals surface area (Å²) in [4.78, 5) is 30.4. The minimum Gasteiger partial charge on any atom is -0.495 e. The first-order chi connectivity index (χ1) is 14.6. The fraction of sp³-hybridized carbons (Fsp3) is 0.318. The Hall–Kier alpha value is -2.51. The molecule has 1 aliphatic rings. The number of hydrogen-bond acceptors (Lipinski definition) is 5. The molecule has 1 heterocycles. The highest BCUT2D eigenvalue weighted by Gasteiger charge is 2.23. The van der Waals surface area contributed by atoms with Gasteiger partial charge in [0.15, 0.2) is 5.16 Å². The second-order valence-corrected chi connectivity index (χ2v) is 8.56. The monoisotopic (exact) mass is 443 g/mol. The molecule has 1 aromatic heterocycles. The van der Waals surface area contributed by atoms with E-state index in [0.717, 1.165) is 25.7 Å². The lowest BCUT2D eigenvalue weighted by atomic mass is 10.2. The first-order valence-corrected chi connectivity index (χ1v) is 11.2. The number of methoxy groups -OCH3 is 1. The van der Waals surface area contributed by atoms with Gasteiger partial charge in [-0.05, 0) is 43.2 Å². The minimum atomic E-state index is -0.193. The van der Waals surface area contributed by atoms with Gasteiger partial charge in [-0.1, -0.05) is 48.3 Å². The van der Waals surface area contributed by atoms with E-state index in [1.807, 2.05) is 24.3 Å². The molecular formula is C22H22ClN3O3S. The summed E-state index contributed by atoms with van der Waals surface area (Å²) in [6.07, 6.45) is 4.13. The van der Waals surface area contributed by atoms with Gasteiger partial charge < -0.3 is 10.1 Å². The van der Waals surface area contributed by atoms with Crippen molar-refractivity contribution in [3.05, 3.63) is 57.8 Å². The van der Waals surface area contributed by atoms with E-state index >= 15 is 0 Å². The zero-order valence-electron chi connectivity index (χ0n) is 16.6. The van der Waals surface area contributed by atoms with Crippen LogP contribution in [0, 0.1) is 0 Å². The predicted octanol–water partition coefficient (Wildman–Crippen LogP) is 4.90. The molecule has 1 amide bonds. The lowest BCUT2D eigenvalue weighted by Gasteiger charge is -2.18. The van der Waals surface area contributed by atoms with Crippen molar-refractivity contribution in [2.75, 3.05) is 18.2 Å². The van der Waals surface area contributed by atoms with Crippen LogP contribution in [0.2, 0.25) is 5.02 Å². The number of halogens is 1. The Bertz CT molecular complexity index is 1140. The molecule has 4 rings (SSSR count). The summed E-state index contributed by atoms with van der Waals surface area (Å²) < 4.78 is 6.92. The number of aromatic nitrogens is 2. The van der Waals surface area contributed by atoms with E-state index in [1.165, 1.54) is 18.9 Å². The number of carbonyl (C=O) groups is 1. The van der Waals surface area contributed by atoms with Gasteiger partial charge in [-0.3, -0.25) is 14.2 Å². The Labute approximate surface area is 183 Å². The lowest BCUT2D eigenvalue weighted by molar-refractivity contribution is -0.113. The Balaban J connectivity index is 1.55. The second kappa shape index (κ2) is 9.10. The Kier molecular flexibility index (Phi) is 6.29. The topological polar surface area (TPSA) is 73.2 Å². The molecule has 1 aliphatic carbocycles. The SMILES string of the molecule is COc1ccc(NC(=O)CSc2nc3ccccc3c(=O)n2C2CCCC2)cc1Cl. The third kappa shape index (κ3) is 4.32. The van der Waals surface area contributed by atoms with Crippen LogP contribution in [0.3, 0.4) is 0 Å². The van der Waals surface area contributed by atoms with E-state index in [0.29, 0.717) is 32.5 Å². The molecule has 156 valence electrons. The van der Waals surface area contributed by atoms with Crippen molar-refractivity contribution < 1.29 is 9.53 Å². The van der Waals surface area contributed by atoms with Gasteiger partial charge in [0, 0.05) is 11.7 Å². The molecule has 1 fully saturated rings. The van der Waals surface area contributed by atoms with Crippen molar-refractivity contribution in [1.29, 1.82) is 0 Å². The molecule has 3 aromatic rings. The largest absolute Gasteiger partial charge is 0.495 e. The van der Waals surface area contributed by atoms with Gasteiger partial charge in [-0.2, -0.15) is 0 Å². The molecule has 1 N–H and O–H groups in total. The maximum Gasteiger partial charge on any atom is 0.262 e. The molecule has 0 aliphatic heterocycles. The smallest absolute Gasteiger partial charge is 0.262 e. The zero-order chi connectivity index (χ0) is 21.1. The molecule has 0 spiro atoms. The van der Waals surface area contributed by atoms with Gasteiger partial charge >= 0.3 is 0 Å². The van der Waals surface area contributed by atoms with Gasteiger partial charge in [-0.25, -0.2) is 4.98 Å². The zero-order valence-corrected chi connectivity index (χ0v) is 18.1. The molecule has 0 saturated heterocycles. The van der Waals surface area contributed by atoms with Crippen LogP contribution in [0.5, 0.6) is 5.75 Å². The molecule has 0 radical (unpaired) electrons.